The van der Waals surface area contributed by atoms with E-state index in [9.17, 15) is 9.59 Å². The summed E-state index contributed by atoms with van der Waals surface area (Å²) in [7, 11) is 0. The molecule has 0 unspecified atom stereocenters. The molecule has 160 valence electrons. The predicted octanol–water partition coefficient (Wildman–Crippen LogP) is 4.88. The number of fused-ring (bicyclic) bond motifs is 2. The van der Waals surface area contributed by atoms with Crippen LogP contribution in [0.2, 0.25) is 0 Å². The number of benzene rings is 3. The molecule has 2 heterocycles. The third-order valence-electron chi connectivity index (χ3n) is 5.72. The van der Waals surface area contributed by atoms with Crippen LogP contribution < -0.4 is 15.8 Å². The van der Waals surface area contributed by atoms with Crippen LogP contribution in [0, 0.1) is 0 Å². The Labute approximate surface area is 193 Å². The highest BCUT2D eigenvalue weighted by Crippen LogP contribution is 2.38. The van der Waals surface area contributed by atoms with Gasteiger partial charge < -0.3 is 10.2 Å². The van der Waals surface area contributed by atoms with Crippen LogP contribution in [0.25, 0.3) is 10.9 Å². The number of carbonyl (C=O) groups is 1. The van der Waals surface area contributed by atoms with Crippen molar-refractivity contribution in [2.45, 2.75) is 19.4 Å². The van der Waals surface area contributed by atoms with E-state index < -0.39 is 0 Å². The minimum absolute atomic E-state index is 0.147. The Balaban J connectivity index is 1.32. The predicted molar refractivity (Wildman–Crippen MR) is 131 cm³/mol. The van der Waals surface area contributed by atoms with Gasteiger partial charge in [0, 0.05) is 29.7 Å². The summed E-state index contributed by atoms with van der Waals surface area (Å²) < 4.78 is 2.30. The van der Waals surface area contributed by atoms with E-state index >= 15 is 0 Å². The van der Waals surface area contributed by atoms with Crippen molar-refractivity contribution in [1.82, 2.24) is 9.55 Å². The van der Waals surface area contributed by atoms with E-state index in [1.54, 1.807) is 12.1 Å². The molecule has 0 fully saturated rings. The lowest BCUT2D eigenvalue weighted by molar-refractivity contribution is -0.116. The molecule has 4 aromatic rings. The van der Waals surface area contributed by atoms with Gasteiger partial charge in [-0.05, 0) is 48.4 Å². The number of anilines is 3. The molecule has 0 aliphatic carbocycles. The first kappa shape index (κ1) is 20.5. The summed E-state index contributed by atoms with van der Waals surface area (Å²) in [6, 6.07) is 21.6. The number of nitrogens with one attached hydrogen (secondary N) is 1. The van der Waals surface area contributed by atoms with Crippen LogP contribution in [0.3, 0.4) is 0 Å². The van der Waals surface area contributed by atoms with Crippen LogP contribution in [-0.4, -0.2) is 22.0 Å². The fraction of sp³-hybridized carbons (Fsp3) is 0.160. The molecule has 5 rings (SSSR count). The Morgan fingerprint density at radius 2 is 1.81 bits per heavy atom. The Kier molecular flexibility index (Phi) is 5.49. The molecule has 0 radical (unpaired) electrons. The summed E-state index contributed by atoms with van der Waals surface area (Å²) in [5.41, 5.74) is 4.71. The average Bonchev–Trinajstić information content (AvgIpc) is 3.23. The molecule has 1 N–H and O–H groups in total. The molecule has 3 aromatic carbocycles. The van der Waals surface area contributed by atoms with Gasteiger partial charge in [0.05, 0.1) is 28.6 Å². The van der Waals surface area contributed by atoms with E-state index in [1.807, 2.05) is 36.4 Å². The van der Waals surface area contributed by atoms with Gasteiger partial charge >= 0.3 is 0 Å². The van der Waals surface area contributed by atoms with E-state index in [-0.39, 0.29) is 24.4 Å². The number of rotatable bonds is 5. The SMILES string of the molecule is O=C(CCn1cnc2ccc(Br)cc2c1=O)Nc1ccccc1N1CCc2ccccc21. The first-order chi connectivity index (χ1) is 15.6. The lowest BCUT2D eigenvalue weighted by Crippen LogP contribution is -2.24. The van der Waals surface area contributed by atoms with E-state index in [2.05, 4.69) is 49.3 Å². The molecule has 0 saturated heterocycles. The summed E-state index contributed by atoms with van der Waals surface area (Å²) in [4.78, 5) is 32.1. The van der Waals surface area contributed by atoms with Crippen LogP contribution in [-0.2, 0) is 17.8 Å². The zero-order valence-corrected chi connectivity index (χ0v) is 18.9. The largest absolute Gasteiger partial charge is 0.339 e. The second-order valence-electron chi connectivity index (χ2n) is 7.75. The van der Waals surface area contributed by atoms with Crippen LogP contribution in [0.15, 0.2) is 82.3 Å². The molecular formula is C25H21BrN4O2. The minimum Gasteiger partial charge on any atom is -0.339 e. The number of nitrogens with zero attached hydrogens (tertiary/aromatic N) is 3. The van der Waals surface area contributed by atoms with Crippen molar-refractivity contribution in [3.8, 4) is 0 Å². The summed E-state index contributed by atoms with van der Waals surface area (Å²) in [6.45, 7) is 1.13. The van der Waals surface area contributed by atoms with E-state index in [4.69, 9.17) is 0 Å². The Bertz CT molecular complexity index is 1380. The molecule has 0 saturated carbocycles. The number of carbonyl (C=O) groups excluding carboxylic acids is 1. The Hall–Kier alpha value is -3.45. The topological polar surface area (TPSA) is 67.2 Å². The molecule has 1 aliphatic rings. The third kappa shape index (κ3) is 3.91. The second-order valence-corrected chi connectivity index (χ2v) is 8.67. The van der Waals surface area contributed by atoms with Gasteiger partial charge in [-0.3, -0.25) is 14.2 Å². The highest BCUT2D eigenvalue weighted by Gasteiger charge is 2.22. The first-order valence-corrected chi connectivity index (χ1v) is 11.3. The average molecular weight is 489 g/mol. The molecule has 1 amide bonds. The number of aromatic nitrogens is 2. The number of amides is 1. The van der Waals surface area contributed by atoms with Gasteiger partial charge in [-0.1, -0.05) is 46.3 Å². The maximum atomic E-state index is 12.8. The van der Waals surface area contributed by atoms with E-state index in [1.165, 1.54) is 22.1 Å². The normalized spacial score (nSPS) is 12.7. The number of aryl methyl sites for hydroxylation is 1. The van der Waals surface area contributed by atoms with Gasteiger partial charge in [0.25, 0.3) is 5.56 Å². The number of hydrogen-bond acceptors (Lipinski definition) is 4. The van der Waals surface area contributed by atoms with E-state index in [0.717, 1.165) is 28.8 Å². The van der Waals surface area contributed by atoms with Crippen LogP contribution >= 0.6 is 15.9 Å². The fourth-order valence-corrected chi connectivity index (χ4v) is 4.49. The smallest absolute Gasteiger partial charge is 0.261 e. The van der Waals surface area contributed by atoms with Crippen LogP contribution in [0.5, 0.6) is 0 Å². The maximum absolute atomic E-state index is 12.8. The molecule has 7 heteroatoms. The van der Waals surface area contributed by atoms with Gasteiger partial charge in [0.15, 0.2) is 0 Å². The lowest BCUT2D eigenvalue weighted by atomic mass is 10.1. The van der Waals surface area contributed by atoms with Crippen LogP contribution in [0.4, 0.5) is 17.1 Å². The Morgan fingerprint density at radius 1 is 1.03 bits per heavy atom. The summed E-state index contributed by atoms with van der Waals surface area (Å²) in [6.07, 6.45) is 2.65. The Morgan fingerprint density at radius 3 is 2.69 bits per heavy atom. The fourth-order valence-electron chi connectivity index (χ4n) is 4.13. The molecule has 6 nitrogen and oxygen atoms in total. The van der Waals surface area contributed by atoms with Crippen LogP contribution in [0.1, 0.15) is 12.0 Å². The van der Waals surface area contributed by atoms with Crippen molar-refractivity contribution < 1.29 is 4.79 Å². The zero-order valence-electron chi connectivity index (χ0n) is 17.3. The highest BCUT2D eigenvalue weighted by molar-refractivity contribution is 9.10. The lowest BCUT2D eigenvalue weighted by Gasteiger charge is -2.23. The molecule has 0 spiro atoms. The summed E-state index contributed by atoms with van der Waals surface area (Å²) in [5.74, 6) is -0.147. The van der Waals surface area contributed by atoms with Gasteiger partial charge in [-0.2, -0.15) is 0 Å². The number of hydrogen-bond donors (Lipinski definition) is 1. The maximum Gasteiger partial charge on any atom is 0.261 e. The molecule has 32 heavy (non-hydrogen) atoms. The van der Waals surface area contributed by atoms with Crippen molar-refractivity contribution in [3.05, 3.63) is 93.4 Å². The summed E-state index contributed by atoms with van der Waals surface area (Å²) in [5, 5.41) is 3.56. The molecule has 0 bridgehead atoms. The molecule has 1 aliphatic heterocycles. The second kappa shape index (κ2) is 8.59. The standard InChI is InChI=1S/C25H21BrN4O2/c26-18-9-10-20-19(15-18)25(32)29(16-27-20)13-12-24(31)28-21-6-2-4-8-23(21)30-14-11-17-5-1-3-7-22(17)30/h1-10,15-16H,11-14H2,(H,28,31). The number of para-hydroxylation sites is 3. The van der Waals surface area contributed by atoms with Crippen molar-refractivity contribution in [1.29, 1.82) is 0 Å². The third-order valence-corrected chi connectivity index (χ3v) is 6.22. The zero-order chi connectivity index (χ0) is 22.1. The number of halogens is 1. The minimum atomic E-state index is -0.154. The highest BCUT2D eigenvalue weighted by atomic mass is 79.9. The van der Waals surface area contributed by atoms with Crippen molar-refractivity contribution in [3.63, 3.8) is 0 Å². The van der Waals surface area contributed by atoms with Gasteiger partial charge in [-0.25, -0.2) is 4.98 Å². The molecular weight excluding hydrogens is 468 g/mol. The molecule has 1 aromatic heterocycles. The van der Waals surface area contributed by atoms with E-state index in [0.29, 0.717) is 10.9 Å². The van der Waals surface area contributed by atoms with Crippen molar-refractivity contribution in [2.24, 2.45) is 0 Å². The van der Waals surface area contributed by atoms with Crippen molar-refractivity contribution in [2.75, 3.05) is 16.8 Å². The van der Waals surface area contributed by atoms with Crippen molar-refractivity contribution >= 4 is 49.8 Å². The molecule has 0 atom stereocenters. The van der Waals surface area contributed by atoms with Gasteiger partial charge in [-0.15, -0.1) is 0 Å². The first-order valence-electron chi connectivity index (χ1n) is 10.5. The quantitative estimate of drug-likeness (QED) is 0.434. The van der Waals surface area contributed by atoms with Gasteiger partial charge in [0.2, 0.25) is 5.91 Å². The summed E-state index contributed by atoms with van der Waals surface area (Å²) >= 11 is 3.39. The monoisotopic (exact) mass is 488 g/mol. The van der Waals surface area contributed by atoms with Gasteiger partial charge in [0.1, 0.15) is 0 Å².